The number of aromatic hydroxyl groups is 1. The van der Waals surface area contributed by atoms with Gasteiger partial charge in [0, 0.05) is 43.2 Å². The maximum atomic E-state index is 11.6. The number of rotatable bonds is 4. The van der Waals surface area contributed by atoms with Gasteiger partial charge >= 0.3 is 4.87 Å². The lowest BCUT2D eigenvalue weighted by Gasteiger charge is -2.36. The van der Waals surface area contributed by atoms with Gasteiger partial charge in [0.2, 0.25) is 5.88 Å². The monoisotopic (exact) mass is 476 g/mol. The molecule has 1 aliphatic carbocycles. The maximum absolute atomic E-state index is 11.6. The van der Waals surface area contributed by atoms with Crippen LogP contribution in [0.2, 0.25) is 0 Å². The molecule has 6 rings (SSSR count). The number of fused-ring (bicyclic) bond motifs is 1. The second-order valence-corrected chi connectivity index (χ2v) is 9.63. The number of nitrogens with zero attached hydrogens (tertiary/aromatic N) is 7. The van der Waals surface area contributed by atoms with Gasteiger partial charge in [-0.2, -0.15) is 9.61 Å². The minimum atomic E-state index is -0.306. The number of aromatic nitrogens is 5. The summed E-state index contributed by atoms with van der Waals surface area (Å²) in [4.78, 5) is 33.2. The van der Waals surface area contributed by atoms with E-state index in [-0.39, 0.29) is 10.8 Å². The van der Waals surface area contributed by atoms with E-state index in [1.165, 1.54) is 0 Å². The first-order chi connectivity index (χ1) is 16.6. The Labute approximate surface area is 198 Å². The molecule has 34 heavy (non-hydrogen) atoms. The normalized spacial score (nSPS) is 17.8. The fourth-order valence-electron chi connectivity index (χ4n) is 4.26. The highest BCUT2D eigenvalue weighted by atomic mass is 32.1. The zero-order valence-electron chi connectivity index (χ0n) is 18.7. The van der Waals surface area contributed by atoms with E-state index in [0.29, 0.717) is 16.6 Å². The Morgan fingerprint density at radius 2 is 2.00 bits per heavy atom. The van der Waals surface area contributed by atoms with E-state index in [1.54, 1.807) is 16.8 Å². The molecular weight excluding hydrogens is 452 g/mol. The third-order valence-corrected chi connectivity index (χ3v) is 7.02. The Morgan fingerprint density at radius 3 is 2.68 bits per heavy atom. The van der Waals surface area contributed by atoms with Crippen molar-refractivity contribution in [2.75, 3.05) is 36.0 Å². The second-order valence-electron chi connectivity index (χ2n) is 8.61. The van der Waals surface area contributed by atoms with Crippen LogP contribution in [0, 0.1) is 6.92 Å². The summed E-state index contributed by atoms with van der Waals surface area (Å²) in [6, 6.07) is 6.31. The van der Waals surface area contributed by atoms with Crippen molar-refractivity contribution in [3.8, 4) is 5.88 Å². The highest BCUT2D eigenvalue weighted by molar-refractivity contribution is 7.10. The molecule has 0 unspecified atom stereocenters. The number of piperazine rings is 1. The predicted molar refractivity (Wildman–Crippen MR) is 130 cm³/mol. The van der Waals surface area contributed by atoms with Crippen molar-refractivity contribution < 1.29 is 5.11 Å². The molecule has 0 spiro atoms. The van der Waals surface area contributed by atoms with Gasteiger partial charge in [0.25, 0.3) is 0 Å². The molecule has 0 atom stereocenters. The Balaban J connectivity index is 1.43. The second kappa shape index (κ2) is 8.24. The topological polar surface area (TPSA) is 115 Å². The first-order valence-electron chi connectivity index (χ1n) is 11.3. The van der Waals surface area contributed by atoms with E-state index in [4.69, 9.17) is 9.98 Å². The number of hydrogen-bond acceptors (Lipinski definition) is 9. The molecule has 1 saturated heterocycles. The summed E-state index contributed by atoms with van der Waals surface area (Å²) in [6.07, 6.45) is 7.45. The van der Waals surface area contributed by atoms with Crippen LogP contribution in [-0.4, -0.2) is 61.9 Å². The van der Waals surface area contributed by atoms with Crippen LogP contribution in [0.5, 0.6) is 5.88 Å². The molecule has 174 valence electrons. The summed E-state index contributed by atoms with van der Waals surface area (Å²) in [5.41, 5.74) is 2.49. The summed E-state index contributed by atoms with van der Waals surface area (Å²) in [5.74, 6) is 1.74. The van der Waals surface area contributed by atoms with Crippen molar-refractivity contribution in [2.45, 2.75) is 25.8 Å². The Kier molecular flexibility index (Phi) is 5.05. The molecule has 0 aromatic carbocycles. The smallest absolute Gasteiger partial charge is 0.307 e. The number of aromatic amines is 1. The average molecular weight is 477 g/mol. The molecule has 11 heteroatoms. The average Bonchev–Trinajstić information content (AvgIpc) is 3.50. The van der Waals surface area contributed by atoms with Crippen LogP contribution in [0.25, 0.3) is 11.7 Å². The van der Waals surface area contributed by atoms with Crippen molar-refractivity contribution in [1.82, 2.24) is 24.6 Å². The van der Waals surface area contributed by atoms with Crippen molar-refractivity contribution in [3.05, 3.63) is 61.4 Å². The van der Waals surface area contributed by atoms with E-state index in [9.17, 15) is 9.90 Å². The zero-order valence-corrected chi connectivity index (χ0v) is 19.5. The molecule has 0 radical (unpaired) electrons. The first-order valence-corrected chi connectivity index (χ1v) is 12.2. The van der Waals surface area contributed by atoms with Crippen LogP contribution in [-0.2, 0) is 0 Å². The van der Waals surface area contributed by atoms with Gasteiger partial charge < -0.3 is 14.9 Å². The Bertz CT molecular complexity index is 1530. The van der Waals surface area contributed by atoms with Crippen molar-refractivity contribution in [1.29, 1.82) is 0 Å². The highest BCUT2D eigenvalue weighted by Crippen LogP contribution is 2.24. The minimum Gasteiger partial charge on any atom is -0.493 e. The summed E-state index contributed by atoms with van der Waals surface area (Å²) in [7, 11) is 0. The Hall–Kier alpha value is -3.73. The number of anilines is 2. The van der Waals surface area contributed by atoms with E-state index >= 15 is 0 Å². The molecule has 2 fully saturated rings. The highest BCUT2D eigenvalue weighted by Gasteiger charge is 2.25. The first kappa shape index (κ1) is 20.8. The molecule has 1 saturated carbocycles. The van der Waals surface area contributed by atoms with Gasteiger partial charge in [0.05, 0.1) is 17.1 Å². The van der Waals surface area contributed by atoms with Crippen LogP contribution >= 0.6 is 11.3 Å². The molecule has 2 aliphatic rings. The third kappa shape index (κ3) is 3.81. The minimum absolute atomic E-state index is 0.143. The molecule has 0 bridgehead atoms. The molecular formula is C23H24N8O2S. The zero-order chi connectivity index (χ0) is 23.2. The summed E-state index contributed by atoms with van der Waals surface area (Å²) in [5, 5.41) is 15.3. The fourth-order valence-corrected chi connectivity index (χ4v) is 4.94. The SMILES string of the molecule is Cc1c(N2CCN(c3ccccn3)CC2)nc2c(=Cc3sc(=O)[nH]c3O)cnn2c1=NC1CC1. The van der Waals surface area contributed by atoms with Crippen LogP contribution in [0.3, 0.4) is 0 Å². The summed E-state index contributed by atoms with van der Waals surface area (Å²) >= 11 is 0.953. The van der Waals surface area contributed by atoms with Crippen LogP contribution in [0.1, 0.15) is 23.3 Å². The van der Waals surface area contributed by atoms with Crippen LogP contribution < -0.4 is 25.4 Å². The quantitative estimate of drug-likeness (QED) is 0.448. The standard InChI is InChI=1S/C23H24N8O2S/c1-14-19(30-10-8-29(9-11-30)18-4-2-3-7-24-18)27-21-15(12-17-22(32)28-23(33)34-17)13-25-31(21)20(14)26-16-5-6-16/h2-4,7,12-13,16,32H,5-6,8-11H2,1H3,(H,28,33). The van der Waals surface area contributed by atoms with E-state index in [1.807, 2.05) is 24.4 Å². The number of thiazole rings is 1. The predicted octanol–water partition coefficient (Wildman–Crippen LogP) is 0.826. The lowest BCUT2D eigenvalue weighted by atomic mass is 10.2. The molecule has 4 aromatic rings. The van der Waals surface area contributed by atoms with Gasteiger partial charge in [-0.1, -0.05) is 17.4 Å². The lowest BCUT2D eigenvalue weighted by Crippen LogP contribution is -2.48. The third-order valence-electron chi connectivity index (χ3n) is 6.20. The van der Waals surface area contributed by atoms with Gasteiger partial charge in [-0.3, -0.25) is 14.8 Å². The maximum Gasteiger partial charge on any atom is 0.307 e. The number of pyridine rings is 1. The lowest BCUT2D eigenvalue weighted by molar-refractivity contribution is 0.455. The molecule has 4 aromatic heterocycles. The molecule has 10 nitrogen and oxygen atoms in total. The number of hydrogen-bond donors (Lipinski definition) is 2. The van der Waals surface area contributed by atoms with Gasteiger partial charge in [-0.25, -0.2) is 9.97 Å². The summed E-state index contributed by atoms with van der Waals surface area (Å²) in [6.45, 7) is 5.39. The summed E-state index contributed by atoms with van der Waals surface area (Å²) < 4.78 is 1.78. The van der Waals surface area contributed by atoms with Gasteiger partial charge in [0.1, 0.15) is 11.6 Å². The largest absolute Gasteiger partial charge is 0.493 e. The van der Waals surface area contributed by atoms with Crippen molar-refractivity contribution in [2.24, 2.45) is 4.99 Å². The Morgan fingerprint density at radius 1 is 1.21 bits per heavy atom. The van der Waals surface area contributed by atoms with Crippen molar-refractivity contribution in [3.63, 3.8) is 0 Å². The molecule has 5 heterocycles. The van der Waals surface area contributed by atoms with Gasteiger partial charge in [0.15, 0.2) is 11.1 Å². The number of H-pyrrole nitrogens is 1. The van der Waals surface area contributed by atoms with Crippen LogP contribution in [0.15, 0.2) is 40.4 Å². The van der Waals surface area contributed by atoms with Crippen molar-refractivity contribution >= 4 is 34.7 Å². The van der Waals surface area contributed by atoms with Gasteiger partial charge in [-0.05, 0) is 38.0 Å². The molecule has 0 amide bonds. The molecule has 2 N–H and O–H groups in total. The molecule has 1 aliphatic heterocycles. The van der Waals surface area contributed by atoms with Gasteiger partial charge in [-0.15, -0.1) is 0 Å². The van der Waals surface area contributed by atoms with E-state index in [0.717, 1.165) is 78.3 Å². The van der Waals surface area contributed by atoms with E-state index < -0.39 is 0 Å². The fraction of sp³-hybridized carbons (Fsp3) is 0.348. The number of nitrogens with one attached hydrogen (secondary N) is 1. The van der Waals surface area contributed by atoms with Crippen LogP contribution in [0.4, 0.5) is 11.6 Å². The van der Waals surface area contributed by atoms with E-state index in [2.05, 4.69) is 31.8 Å².